The van der Waals surface area contributed by atoms with E-state index in [2.05, 4.69) is 20.9 Å². The van der Waals surface area contributed by atoms with Crippen LogP contribution < -0.4 is 15.4 Å². The SMILES string of the molecule is CC(C)C[C@H]1NC(=O)c2ccc(F)cc2OCc2cn(nn2)CCCCCCCCNC(=O)[C@H](Cc2ccccc2)N(C)C(=O)[C@@H](COC(C)(C)C)N(C)C1=O. The monoisotopic (exact) mass is 777 g/mol. The van der Waals surface area contributed by atoms with E-state index in [1.165, 1.54) is 22.9 Å². The first-order valence-electron chi connectivity index (χ1n) is 19.7. The Morgan fingerprint density at radius 2 is 1.59 bits per heavy atom. The number of carbonyl (C=O) groups is 4. The minimum Gasteiger partial charge on any atom is -0.486 e. The summed E-state index contributed by atoms with van der Waals surface area (Å²) in [5.41, 5.74) is 0.773. The fourth-order valence-corrected chi connectivity index (χ4v) is 6.54. The number of likely N-dealkylation sites (N-methyl/N-ethyl adjacent to an activating group) is 2. The highest BCUT2D eigenvalue weighted by molar-refractivity contribution is 6.00. The molecule has 3 aromatic rings. The second-order valence-electron chi connectivity index (χ2n) is 16.0. The number of carbonyl (C=O) groups excluding carboxylic acids is 4. The molecule has 2 N–H and O–H groups in total. The van der Waals surface area contributed by atoms with Crippen LogP contribution in [0.2, 0.25) is 0 Å². The summed E-state index contributed by atoms with van der Waals surface area (Å²) in [6.45, 7) is 10.3. The minimum atomic E-state index is -1.14. The van der Waals surface area contributed by atoms with Crippen LogP contribution in [0.4, 0.5) is 4.39 Å². The quantitative estimate of drug-likeness (QED) is 0.342. The predicted octanol–water partition coefficient (Wildman–Crippen LogP) is 5.32. The van der Waals surface area contributed by atoms with E-state index >= 15 is 0 Å². The molecular weight excluding hydrogens is 718 g/mol. The molecule has 2 bridgehead atoms. The molecule has 4 rings (SSSR count). The van der Waals surface area contributed by atoms with Gasteiger partial charge in [-0.2, -0.15) is 0 Å². The van der Waals surface area contributed by atoms with Crippen LogP contribution in [0.25, 0.3) is 0 Å². The fraction of sp³-hybridized carbons (Fsp3) is 0.571. The second kappa shape index (κ2) is 20.9. The maximum absolute atomic E-state index is 14.6. The Balaban J connectivity index is 1.69. The fourth-order valence-electron chi connectivity index (χ4n) is 6.54. The zero-order valence-electron chi connectivity index (χ0n) is 34.1. The van der Waals surface area contributed by atoms with Crippen molar-refractivity contribution in [1.82, 2.24) is 35.4 Å². The number of hydrogen-bond donors (Lipinski definition) is 2. The highest BCUT2D eigenvalue weighted by Gasteiger charge is 2.38. The summed E-state index contributed by atoms with van der Waals surface area (Å²) in [7, 11) is 3.08. The first-order valence-corrected chi connectivity index (χ1v) is 19.7. The molecule has 1 aliphatic rings. The lowest BCUT2D eigenvalue weighted by molar-refractivity contribution is -0.152. The van der Waals surface area contributed by atoms with Gasteiger partial charge in [-0.25, -0.2) is 4.39 Å². The van der Waals surface area contributed by atoms with Crippen LogP contribution in [-0.2, 0) is 38.7 Å². The lowest BCUT2D eigenvalue weighted by Gasteiger charge is -2.37. The number of amides is 4. The number of hydrogen-bond acceptors (Lipinski definition) is 8. The molecule has 0 spiro atoms. The number of aromatic nitrogens is 3. The van der Waals surface area contributed by atoms with Crippen molar-refractivity contribution in [1.29, 1.82) is 0 Å². The summed E-state index contributed by atoms with van der Waals surface area (Å²) in [5, 5.41) is 14.3. The first kappa shape index (κ1) is 43.9. The van der Waals surface area contributed by atoms with Gasteiger partial charge < -0.3 is 29.9 Å². The highest BCUT2D eigenvalue weighted by atomic mass is 19.1. The molecule has 0 saturated carbocycles. The van der Waals surface area contributed by atoms with Crippen molar-refractivity contribution in [3.63, 3.8) is 0 Å². The number of halogens is 1. The number of nitrogens with one attached hydrogen (secondary N) is 2. The van der Waals surface area contributed by atoms with E-state index in [-0.39, 0.29) is 49.2 Å². The average Bonchev–Trinajstić information content (AvgIpc) is 3.61. The van der Waals surface area contributed by atoms with Gasteiger partial charge >= 0.3 is 0 Å². The summed E-state index contributed by atoms with van der Waals surface area (Å²) in [6, 6.07) is 10.00. The van der Waals surface area contributed by atoms with E-state index in [9.17, 15) is 23.6 Å². The Bertz CT molecular complexity index is 1740. The number of nitrogens with zero attached hydrogens (tertiary/aromatic N) is 5. The molecule has 0 unspecified atom stereocenters. The van der Waals surface area contributed by atoms with Crippen LogP contribution >= 0.6 is 0 Å². The molecule has 1 aliphatic heterocycles. The van der Waals surface area contributed by atoms with Gasteiger partial charge in [0.1, 0.15) is 42.0 Å². The molecule has 2 aromatic carbocycles. The molecule has 56 heavy (non-hydrogen) atoms. The van der Waals surface area contributed by atoms with Gasteiger partial charge in [0, 0.05) is 39.7 Å². The molecule has 3 atom stereocenters. The van der Waals surface area contributed by atoms with Gasteiger partial charge in [-0.15, -0.1) is 5.10 Å². The van der Waals surface area contributed by atoms with E-state index in [4.69, 9.17) is 9.47 Å². The van der Waals surface area contributed by atoms with Gasteiger partial charge in [0.15, 0.2) is 0 Å². The third kappa shape index (κ3) is 13.4. The molecule has 0 radical (unpaired) electrons. The van der Waals surface area contributed by atoms with Crippen LogP contribution in [0.15, 0.2) is 54.7 Å². The van der Waals surface area contributed by atoms with Crippen molar-refractivity contribution in [3.8, 4) is 5.75 Å². The Hall–Kier alpha value is -4.85. The van der Waals surface area contributed by atoms with Gasteiger partial charge in [-0.05, 0) is 63.6 Å². The molecule has 306 valence electrons. The summed E-state index contributed by atoms with van der Waals surface area (Å²) in [6.07, 6.45) is 7.95. The number of ether oxygens (including phenoxy) is 2. The van der Waals surface area contributed by atoms with Crippen LogP contribution in [0, 0.1) is 11.7 Å². The minimum absolute atomic E-state index is 0.0152. The van der Waals surface area contributed by atoms with Crippen molar-refractivity contribution in [2.24, 2.45) is 5.92 Å². The molecule has 4 amide bonds. The van der Waals surface area contributed by atoms with Crippen LogP contribution in [-0.4, -0.2) is 99.4 Å². The maximum Gasteiger partial charge on any atom is 0.255 e. The van der Waals surface area contributed by atoms with Crippen LogP contribution in [0.5, 0.6) is 5.75 Å². The smallest absolute Gasteiger partial charge is 0.255 e. The van der Waals surface area contributed by atoms with Gasteiger partial charge in [0.2, 0.25) is 17.7 Å². The molecule has 14 heteroatoms. The van der Waals surface area contributed by atoms with Gasteiger partial charge in [-0.3, -0.25) is 23.9 Å². The maximum atomic E-state index is 14.6. The Morgan fingerprint density at radius 1 is 0.911 bits per heavy atom. The van der Waals surface area contributed by atoms with E-state index in [1.54, 1.807) is 17.9 Å². The lowest BCUT2D eigenvalue weighted by Crippen LogP contribution is -2.59. The summed E-state index contributed by atoms with van der Waals surface area (Å²) >= 11 is 0. The average molecular weight is 778 g/mol. The Morgan fingerprint density at radius 3 is 2.29 bits per heavy atom. The molecule has 13 nitrogen and oxygen atoms in total. The molecule has 1 aromatic heterocycles. The van der Waals surface area contributed by atoms with E-state index in [0.717, 1.165) is 56.2 Å². The number of benzene rings is 2. The third-order valence-electron chi connectivity index (χ3n) is 9.74. The predicted molar refractivity (Wildman–Crippen MR) is 211 cm³/mol. The Labute approximate surface area is 330 Å². The zero-order valence-corrected chi connectivity index (χ0v) is 34.1. The topological polar surface area (TPSA) is 148 Å². The molecule has 0 fully saturated rings. The zero-order chi connectivity index (χ0) is 40.8. The van der Waals surface area contributed by atoms with Crippen molar-refractivity contribution < 1.29 is 33.0 Å². The normalized spacial score (nSPS) is 20.6. The van der Waals surface area contributed by atoms with Crippen LogP contribution in [0.1, 0.15) is 101 Å². The lowest BCUT2D eigenvalue weighted by atomic mass is 10.0. The van der Waals surface area contributed by atoms with Gasteiger partial charge in [0.05, 0.1) is 24.0 Å². The first-order chi connectivity index (χ1) is 26.6. The highest BCUT2D eigenvalue weighted by Crippen LogP contribution is 2.23. The van der Waals surface area contributed by atoms with Crippen molar-refractivity contribution >= 4 is 23.6 Å². The number of aryl methyl sites for hydroxylation is 1. The third-order valence-corrected chi connectivity index (χ3v) is 9.74. The molecule has 2 heterocycles. The summed E-state index contributed by atoms with van der Waals surface area (Å²) in [5.74, 6) is -2.60. The summed E-state index contributed by atoms with van der Waals surface area (Å²) < 4.78 is 28.3. The van der Waals surface area contributed by atoms with Crippen molar-refractivity contribution in [2.45, 2.75) is 123 Å². The Kier molecular flexibility index (Phi) is 16.4. The van der Waals surface area contributed by atoms with Crippen molar-refractivity contribution in [2.75, 3.05) is 27.2 Å². The largest absolute Gasteiger partial charge is 0.486 e. The van der Waals surface area contributed by atoms with Crippen molar-refractivity contribution in [3.05, 3.63) is 77.4 Å². The van der Waals surface area contributed by atoms with E-state index < -0.39 is 47.3 Å². The number of rotatable bonds is 6. The standard InChI is InChI=1S/C42H60FN7O6/c1-29(2)23-34-40(53)49(7)36(28-56-42(3,4)5)41(54)48(6)35(24-30-17-13-12-14-18-30)39(52)44-21-15-10-8-9-11-16-22-50-26-32(46-47-50)27-55-37-25-31(43)19-20-33(37)38(51)45-34/h12-14,17-20,25-26,29,34-36H,8-11,15-16,21-24,27-28H2,1-7H3,(H,44,52)(H,45,51)/t34-,35+,36-/m1/s1. The second-order valence-corrected chi connectivity index (χ2v) is 16.0. The molecule has 0 aliphatic carbocycles. The van der Waals surface area contributed by atoms with E-state index in [0.29, 0.717) is 18.8 Å². The van der Waals surface area contributed by atoms with Gasteiger partial charge in [-0.1, -0.05) is 75.1 Å². The summed E-state index contributed by atoms with van der Waals surface area (Å²) in [4.78, 5) is 59.5. The van der Waals surface area contributed by atoms with E-state index in [1.807, 2.05) is 65.0 Å². The van der Waals surface area contributed by atoms with Gasteiger partial charge in [0.25, 0.3) is 5.91 Å². The van der Waals surface area contributed by atoms with Crippen LogP contribution in [0.3, 0.4) is 0 Å². The number of fused-ring (bicyclic) bond motifs is 3. The molecule has 0 saturated heterocycles. The molecular formula is C42H60FN7O6.